The van der Waals surface area contributed by atoms with Crippen LogP contribution >= 0.6 is 22.6 Å². The Morgan fingerprint density at radius 2 is 1.97 bits per heavy atom. The first kappa shape index (κ1) is 27.5. The summed E-state index contributed by atoms with van der Waals surface area (Å²) in [6.07, 6.45) is 5.40. The number of hydrogen-bond donors (Lipinski definition) is 1. The Morgan fingerprint density at radius 3 is 2.67 bits per heavy atom. The van der Waals surface area contributed by atoms with Crippen molar-refractivity contribution in [2.45, 2.75) is 72.0 Å². The van der Waals surface area contributed by atoms with E-state index in [-0.39, 0.29) is 11.9 Å². The third-order valence-corrected chi connectivity index (χ3v) is 9.65. The smallest absolute Gasteiger partial charge is 0.328 e. The van der Waals surface area contributed by atoms with Gasteiger partial charge in [0, 0.05) is 42.0 Å². The van der Waals surface area contributed by atoms with Crippen molar-refractivity contribution in [1.82, 2.24) is 19.8 Å². The number of para-hydroxylation sites is 1. The van der Waals surface area contributed by atoms with Crippen molar-refractivity contribution in [2.75, 3.05) is 42.5 Å². The van der Waals surface area contributed by atoms with Crippen LogP contribution in [-0.4, -0.2) is 75.0 Å². The van der Waals surface area contributed by atoms with Gasteiger partial charge in [0.25, 0.3) is 0 Å². The van der Waals surface area contributed by atoms with E-state index in [0.29, 0.717) is 17.8 Å². The molecule has 2 heterocycles. The standard InChI is InChI=1S/C28H42IN5O2/c1-5-36-27(35)25(20(2)3)32-26-22-10-6-7-11-23(22)30-24(31-26)18-33-13-15-34(16-14-33)21-9-8-12-28(4,17-21)19-29/h6-7,10-11,20-21,25H,5,8-9,12-19H2,1-4H3,(H,30,31,32)/t21?,25-,28?/m0/s1. The number of nitrogens with one attached hydrogen (secondary N) is 1. The van der Waals surface area contributed by atoms with Crippen molar-refractivity contribution in [1.29, 1.82) is 0 Å². The Hall–Kier alpha value is -1.52. The summed E-state index contributed by atoms with van der Waals surface area (Å²) in [5.74, 6) is 1.34. The fourth-order valence-electron chi connectivity index (χ4n) is 5.64. The van der Waals surface area contributed by atoms with Gasteiger partial charge in [0.2, 0.25) is 0 Å². The van der Waals surface area contributed by atoms with Gasteiger partial charge in [-0.3, -0.25) is 9.80 Å². The Kier molecular flexibility index (Phi) is 9.44. The summed E-state index contributed by atoms with van der Waals surface area (Å²) in [7, 11) is 0. The summed E-state index contributed by atoms with van der Waals surface area (Å²) in [6, 6.07) is 8.29. The first-order chi connectivity index (χ1) is 17.3. The van der Waals surface area contributed by atoms with E-state index in [2.05, 4.69) is 44.6 Å². The maximum absolute atomic E-state index is 12.6. The number of nitrogens with zero attached hydrogens (tertiary/aromatic N) is 4. The second kappa shape index (κ2) is 12.3. The van der Waals surface area contributed by atoms with Crippen LogP contribution in [0.2, 0.25) is 0 Å². The Labute approximate surface area is 229 Å². The minimum atomic E-state index is -0.455. The quantitative estimate of drug-likeness (QED) is 0.241. The fourth-order valence-corrected chi connectivity index (χ4v) is 6.33. The second-order valence-electron chi connectivity index (χ2n) is 11.1. The zero-order chi connectivity index (χ0) is 25.7. The minimum absolute atomic E-state index is 0.0724. The van der Waals surface area contributed by atoms with Crippen LogP contribution in [0.15, 0.2) is 24.3 Å². The van der Waals surface area contributed by atoms with E-state index in [9.17, 15) is 4.79 Å². The molecule has 8 heteroatoms. The van der Waals surface area contributed by atoms with Gasteiger partial charge < -0.3 is 10.1 Å². The molecule has 3 atom stereocenters. The number of halogens is 1. The summed E-state index contributed by atoms with van der Waals surface area (Å²) in [4.78, 5) is 27.6. The zero-order valence-electron chi connectivity index (χ0n) is 22.3. The molecule has 36 heavy (non-hydrogen) atoms. The van der Waals surface area contributed by atoms with Gasteiger partial charge in [-0.2, -0.15) is 0 Å². The first-order valence-corrected chi connectivity index (χ1v) is 15.1. The van der Waals surface area contributed by atoms with Crippen molar-refractivity contribution >= 4 is 45.3 Å². The van der Waals surface area contributed by atoms with Gasteiger partial charge in [-0.15, -0.1) is 0 Å². The van der Waals surface area contributed by atoms with E-state index in [0.717, 1.165) is 55.5 Å². The Balaban J connectivity index is 1.45. The normalized spacial score (nSPS) is 24.7. The van der Waals surface area contributed by atoms with Crippen LogP contribution in [0.1, 0.15) is 59.2 Å². The van der Waals surface area contributed by atoms with Gasteiger partial charge in [0.1, 0.15) is 17.7 Å². The first-order valence-electron chi connectivity index (χ1n) is 13.5. The summed E-state index contributed by atoms with van der Waals surface area (Å²) < 4.78 is 6.58. The molecular formula is C28H42IN5O2. The number of hydrogen-bond acceptors (Lipinski definition) is 7. The molecule has 1 aliphatic carbocycles. The van der Waals surface area contributed by atoms with E-state index >= 15 is 0 Å². The number of ether oxygens (including phenoxy) is 1. The molecule has 0 amide bonds. The number of carbonyl (C=O) groups excluding carboxylic acids is 1. The van der Waals surface area contributed by atoms with Crippen LogP contribution in [0, 0.1) is 11.3 Å². The van der Waals surface area contributed by atoms with E-state index in [1.807, 2.05) is 45.0 Å². The molecule has 1 aromatic heterocycles. The molecule has 1 aromatic carbocycles. The van der Waals surface area contributed by atoms with Crippen molar-refractivity contribution in [2.24, 2.45) is 11.3 Å². The number of benzene rings is 1. The second-order valence-corrected chi connectivity index (χ2v) is 11.9. The van der Waals surface area contributed by atoms with E-state index in [1.54, 1.807) is 0 Å². The predicted octanol–water partition coefficient (Wildman–Crippen LogP) is 5.13. The number of alkyl halides is 1. The lowest BCUT2D eigenvalue weighted by Gasteiger charge is -2.45. The third-order valence-electron chi connectivity index (χ3n) is 7.81. The number of anilines is 1. The Bertz CT molecular complexity index is 1030. The van der Waals surface area contributed by atoms with Crippen LogP contribution in [0.25, 0.3) is 10.9 Å². The predicted molar refractivity (Wildman–Crippen MR) is 155 cm³/mol. The molecular weight excluding hydrogens is 565 g/mol. The van der Waals surface area contributed by atoms with Gasteiger partial charge in [0.05, 0.1) is 18.7 Å². The molecule has 1 saturated heterocycles. The summed E-state index contributed by atoms with van der Waals surface area (Å²) in [5.41, 5.74) is 1.40. The molecule has 2 fully saturated rings. The SMILES string of the molecule is CCOC(=O)[C@@H](Nc1nc(CN2CCN(C3CCCC(C)(CI)C3)CC2)nc2ccccc12)C(C)C. The molecule has 7 nitrogen and oxygen atoms in total. The lowest BCUT2D eigenvalue weighted by molar-refractivity contribution is -0.145. The van der Waals surface area contributed by atoms with Gasteiger partial charge in [-0.1, -0.05) is 61.9 Å². The summed E-state index contributed by atoms with van der Waals surface area (Å²) in [5, 5.41) is 4.32. The minimum Gasteiger partial charge on any atom is -0.464 e. The highest BCUT2D eigenvalue weighted by atomic mass is 127. The molecule has 1 N–H and O–H groups in total. The van der Waals surface area contributed by atoms with Crippen LogP contribution in [-0.2, 0) is 16.1 Å². The largest absolute Gasteiger partial charge is 0.464 e. The molecule has 4 rings (SSSR count). The molecule has 1 saturated carbocycles. The topological polar surface area (TPSA) is 70.6 Å². The molecule has 198 valence electrons. The number of rotatable bonds is 9. The molecule has 2 unspecified atom stereocenters. The van der Waals surface area contributed by atoms with Gasteiger partial charge >= 0.3 is 5.97 Å². The molecule has 2 aromatic rings. The molecule has 1 aliphatic heterocycles. The van der Waals surface area contributed by atoms with E-state index in [1.165, 1.54) is 30.1 Å². The summed E-state index contributed by atoms with van der Waals surface area (Å²) >= 11 is 2.58. The van der Waals surface area contributed by atoms with Crippen molar-refractivity contribution in [3.8, 4) is 0 Å². The third kappa shape index (κ3) is 6.67. The van der Waals surface area contributed by atoms with Crippen LogP contribution < -0.4 is 5.32 Å². The monoisotopic (exact) mass is 607 g/mol. The number of aromatic nitrogens is 2. The highest BCUT2D eigenvalue weighted by Crippen LogP contribution is 2.39. The number of fused-ring (bicyclic) bond motifs is 1. The molecule has 0 spiro atoms. The van der Waals surface area contributed by atoms with Crippen molar-refractivity contribution in [3.05, 3.63) is 30.1 Å². The zero-order valence-corrected chi connectivity index (χ0v) is 24.5. The van der Waals surface area contributed by atoms with Crippen LogP contribution in [0.5, 0.6) is 0 Å². The lowest BCUT2D eigenvalue weighted by atomic mass is 9.74. The molecule has 0 bridgehead atoms. The average Bonchev–Trinajstić information content (AvgIpc) is 2.87. The van der Waals surface area contributed by atoms with Crippen molar-refractivity contribution < 1.29 is 9.53 Å². The van der Waals surface area contributed by atoms with E-state index in [4.69, 9.17) is 14.7 Å². The highest BCUT2D eigenvalue weighted by Gasteiger charge is 2.35. The number of piperazine rings is 1. The molecule has 0 radical (unpaired) electrons. The molecule has 2 aliphatic rings. The summed E-state index contributed by atoms with van der Waals surface area (Å²) in [6.45, 7) is 13.7. The maximum Gasteiger partial charge on any atom is 0.328 e. The van der Waals surface area contributed by atoms with Crippen LogP contribution in [0.3, 0.4) is 0 Å². The van der Waals surface area contributed by atoms with Gasteiger partial charge in [0.15, 0.2) is 0 Å². The highest BCUT2D eigenvalue weighted by molar-refractivity contribution is 14.1. The maximum atomic E-state index is 12.6. The van der Waals surface area contributed by atoms with Crippen LogP contribution in [0.4, 0.5) is 5.82 Å². The van der Waals surface area contributed by atoms with Crippen molar-refractivity contribution in [3.63, 3.8) is 0 Å². The average molecular weight is 608 g/mol. The number of esters is 1. The van der Waals surface area contributed by atoms with Gasteiger partial charge in [-0.25, -0.2) is 14.8 Å². The lowest BCUT2D eigenvalue weighted by Crippen LogP contribution is -2.52. The van der Waals surface area contributed by atoms with E-state index < -0.39 is 6.04 Å². The Morgan fingerprint density at radius 1 is 1.22 bits per heavy atom. The number of carbonyl (C=O) groups is 1. The van der Waals surface area contributed by atoms with Gasteiger partial charge in [-0.05, 0) is 49.7 Å². The fraction of sp³-hybridized carbons (Fsp3) is 0.679.